The van der Waals surface area contributed by atoms with Gasteiger partial charge in [-0.3, -0.25) is 0 Å². The predicted molar refractivity (Wildman–Crippen MR) is 96.7 cm³/mol. The van der Waals surface area contributed by atoms with Gasteiger partial charge < -0.3 is 10.4 Å². The maximum atomic E-state index is 13.1. The highest BCUT2D eigenvalue weighted by Crippen LogP contribution is 2.31. The van der Waals surface area contributed by atoms with Crippen molar-refractivity contribution in [2.45, 2.75) is 25.2 Å². The van der Waals surface area contributed by atoms with Crippen molar-refractivity contribution in [2.75, 3.05) is 5.32 Å². The lowest BCUT2D eigenvalue weighted by Gasteiger charge is -2.22. The number of rotatable bonds is 4. The van der Waals surface area contributed by atoms with Gasteiger partial charge in [0.25, 0.3) is 0 Å². The van der Waals surface area contributed by atoms with E-state index in [4.69, 9.17) is 0 Å². The molecule has 0 saturated carbocycles. The molecular formula is C18H15BrF3N3O. The minimum Gasteiger partial charge on any atom is -0.386 e. The van der Waals surface area contributed by atoms with Crippen LogP contribution in [0.1, 0.15) is 24.4 Å². The van der Waals surface area contributed by atoms with Gasteiger partial charge in [0, 0.05) is 9.86 Å². The van der Waals surface area contributed by atoms with Gasteiger partial charge in [-0.15, -0.1) is 0 Å². The number of para-hydroxylation sites is 1. The summed E-state index contributed by atoms with van der Waals surface area (Å²) in [7, 11) is 0. The number of alkyl halides is 3. The molecule has 2 atom stereocenters. The van der Waals surface area contributed by atoms with E-state index in [-0.39, 0.29) is 11.3 Å². The van der Waals surface area contributed by atoms with Crippen LogP contribution in [0.4, 0.5) is 19.0 Å². The molecule has 8 heteroatoms. The molecule has 1 aromatic heterocycles. The molecule has 3 aromatic rings. The van der Waals surface area contributed by atoms with E-state index in [9.17, 15) is 18.3 Å². The lowest BCUT2D eigenvalue weighted by Crippen LogP contribution is -2.25. The molecule has 3 rings (SSSR count). The van der Waals surface area contributed by atoms with Crippen molar-refractivity contribution in [3.05, 3.63) is 64.4 Å². The first-order valence-corrected chi connectivity index (χ1v) is 8.59. The molecule has 0 aliphatic heterocycles. The molecule has 2 N–H and O–H groups in total. The number of anilines is 1. The van der Waals surface area contributed by atoms with Crippen molar-refractivity contribution >= 4 is 32.7 Å². The van der Waals surface area contributed by atoms with Gasteiger partial charge in [0.1, 0.15) is 5.82 Å². The normalized spacial score (nSPS) is 14.2. The first-order chi connectivity index (χ1) is 12.3. The molecule has 0 aliphatic carbocycles. The van der Waals surface area contributed by atoms with Gasteiger partial charge in [0.15, 0.2) is 0 Å². The summed E-state index contributed by atoms with van der Waals surface area (Å²) in [5, 5.41) is 13.9. The summed E-state index contributed by atoms with van der Waals surface area (Å²) in [5.41, 5.74) is 0.824. The van der Waals surface area contributed by atoms with Crippen LogP contribution in [0.15, 0.2) is 53.0 Å². The van der Waals surface area contributed by atoms with E-state index in [1.54, 1.807) is 49.4 Å². The van der Waals surface area contributed by atoms with Crippen LogP contribution in [0.3, 0.4) is 0 Å². The average Bonchev–Trinajstić information content (AvgIpc) is 2.61. The fourth-order valence-electron chi connectivity index (χ4n) is 2.56. The van der Waals surface area contributed by atoms with Crippen molar-refractivity contribution in [1.82, 2.24) is 9.97 Å². The summed E-state index contributed by atoms with van der Waals surface area (Å²) in [6.45, 7) is 1.68. The molecule has 0 unspecified atom stereocenters. The summed E-state index contributed by atoms with van der Waals surface area (Å²) in [4.78, 5) is 7.22. The first kappa shape index (κ1) is 18.6. The second-order valence-corrected chi connectivity index (χ2v) is 6.76. The Kier molecular flexibility index (Phi) is 5.15. The highest BCUT2D eigenvalue weighted by molar-refractivity contribution is 9.10. The molecule has 0 amide bonds. The SMILES string of the molecule is C[C@H](Nc1nc(C(F)(F)F)nc2ccccc12)[C@@H](O)c1ccc(Br)cc1. The Morgan fingerprint density at radius 3 is 2.35 bits per heavy atom. The molecule has 1 heterocycles. The third kappa shape index (κ3) is 3.96. The van der Waals surface area contributed by atoms with Crippen molar-refractivity contribution in [1.29, 1.82) is 0 Å². The molecule has 0 bridgehead atoms. The molecule has 0 spiro atoms. The minimum absolute atomic E-state index is 0.0339. The number of nitrogens with zero attached hydrogens (tertiary/aromatic N) is 2. The minimum atomic E-state index is -4.66. The molecule has 2 aromatic carbocycles. The van der Waals surface area contributed by atoms with Crippen LogP contribution in [0.5, 0.6) is 0 Å². The molecule has 0 saturated heterocycles. The van der Waals surface area contributed by atoms with E-state index in [1.807, 2.05) is 0 Å². The Morgan fingerprint density at radius 2 is 1.69 bits per heavy atom. The highest BCUT2D eigenvalue weighted by atomic mass is 79.9. The summed E-state index contributed by atoms with van der Waals surface area (Å²) >= 11 is 3.32. The molecule has 136 valence electrons. The Morgan fingerprint density at radius 1 is 1.04 bits per heavy atom. The number of nitrogens with one attached hydrogen (secondary N) is 1. The van der Waals surface area contributed by atoms with Gasteiger partial charge in [-0.2, -0.15) is 13.2 Å². The molecule has 0 fully saturated rings. The summed E-state index contributed by atoms with van der Waals surface area (Å²) in [6, 6.07) is 12.9. The second-order valence-electron chi connectivity index (χ2n) is 5.84. The van der Waals surface area contributed by atoms with Crippen LogP contribution in [0.2, 0.25) is 0 Å². The van der Waals surface area contributed by atoms with E-state index in [2.05, 4.69) is 31.2 Å². The van der Waals surface area contributed by atoms with Gasteiger partial charge >= 0.3 is 6.18 Å². The molecule has 4 nitrogen and oxygen atoms in total. The summed E-state index contributed by atoms with van der Waals surface area (Å²) in [6.07, 6.45) is -5.58. The average molecular weight is 426 g/mol. The molecule has 0 aliphatic rings. The maximum Gasteiger partial charge on any atom is 0.451 e. The van der Waals surface area contributed by atoms with E-state index in [0.29, 0.717) is 10.9 Å². The number of aromatic nitrogens is 2. The van der Waals surface area contributed by atoms with Gasteiger partial charge in [-0.05, 0) is 36.8 Å². The zero-order chi connectivity index (χ0) is 18.9. The topological polar surface area (TPSA) is 58.0 Å². The molecular weight excluding hydrogens is 411 g/mol. The van der Waals surface area contributed by atoms with Gasteiger partial charge in [-0.25, -0.2) is 9.97 Å². The van der Waals surface area contributed by atoms with E-state index >= 15 is 0 Å². The zero-order valence-electron chi connectivity index (χ0n) is 13.6. The summed E-state index contributed by atoms with van der Waals surface area (Å²) < 4.78 is 40.1. The van der Waals surface area contributed by atoms with Crippen LogP contribution >= 0.6 is 15.9 Å². The quantitative estimate of drug-likeness (QED) is 0.620. The fraction of sp³-hybridized carbons (Fsp3) is 0.222. The number of hydrogen-bond donors (Lipinski definition) is 2. The van der Waals surface area contributed by atoms with Crippen molar-refractivity contribution in [2.24, 2.45) is 0 Å². The van der Waals surface area contributed by atoms with E-state index in [1.165, 1.54) is 6.07 Å². The number of fused-ring (bicyclic) bond motifs is 1. The fourth-order valence-corrected chi connectivity index (χ4v) is 2.82. The predicted octanol–water partition coefficient (Wildman–Crippen LogP) is 4.95. The molecule has 26 heavy (non-hydrogen) atoms. The lowest BCUT2D eigenvalue weighted by molar-refractivity contribution is -0.144. The van der Waals surface area contributed by atoms with Crippen LogP contribution < -0.4 is 5.32 Å². The standard InChI is InChI=1S/C18H15BrF3N3O/c1-10(15(26)11-6-8-12(19)9-7-11)23-16-13-4-2-3-5-14(13)24-17(25-16)18(20,21)22/h2-10,15,26H,1H3,(H,23,24,25)/t10-,15+/m0/s1. The summed E-state index contributed by atoms with van der Waals surface area (Å²) in [5.74, 6) is -1.18. The number of aliphatic hydroxyl groups excluding tert-OH is 1. The molecule has 0 radical (unpaired) electrons. The van der Waals surface area contributed by atoms with Crippen LogP contribution in [0.25, 0.3) is 10.9 Å². The van der Waals surface area contributed by atoms with Crippen LogP contribution in [0, 0.1) is 0 Å². The largest absolute Gasteiger partial charge is 0.451 e. The number of aliphatic hydroxyl groups is 1. The van der Waals surface area contributed by atoms with Crippen LogP contribution in [-0.4, -0.2) is 21.1 Å². The maximum absolute atomic E-state index is 13.1. The van der Waals surface area contributed by atoms with E-state index < -0.39 is 24.1 Å². The van der Waals surface area contributed by atoms with Gasteiger partial charge in [0.05, 0.1) is 17.7 Å². The Hall–Kier alpha value is -2.19. The van der Waals surface area contributed by atoms with Gasteiger partial charge in [0.2, 0.25) is 5.82 Å². The number of halogens is 4. The first-order valence-electron chi connectivity index (χ1n) is 7.80. The highest BCUT2D eigenvalue weighted by Gasteiger charge is 2.35. The smallest absolute Gasteiger partial charge is 0.386 e. The third-order valence-electron chi connectivity index (χ3n) is 3.91. The van der Waals surface area contributed by atoms with Gasteiger partial charge in [-0.1, -0.05) is 40.2 Å². The number of benzene rings is 2. The van der Waals surface area contributed by atoms with Crippen molar-refractivity contribution in [3.8, 4) is 0 Å². The Labute approximate surface area is 156 Å². The zero-order valence-corrected chi connectivity index (χ0v) is 15.2. The monoisotopic (exact) mass is 425 g/mol. The second kappa shape index (κ2) is 7.20. The van der Waals surface area contributed by atoms with E-state index in [0.717, 1.165) is 4.47 Å². The Bertz CT molecular complexity index is 916. The lowest BCUT2D eigenvalue weighted by atomic mass is 10.0. The Balaban J connectivity index is 1.95. The van der Waals surface area contributed by atoms with Crippen LogP contribution in [-0.2, 0) is 6.18 Å². The van der Waals surface area contributed by atoms with Crippen molar-refractivity contribution < 1.29 is 18.3 Å². The third-order valence-corrected chi connectivity index (χ3v) is 4.43. The number of hydrogen-bond acceptors (Lipinski definition) is 4. The van der Waals surface area contributed by atoms with Crippen molar-refractivity contribution in [3.63, 3.8) is 0 Å².